The smallest absolute Gasteiger partial charge is 0.193 e. The van der Waals surface area contributed by atoms with E-state index in [0.717, 1.165) is 11.4 Å². The van der Waals surface area contributed by atoms with Crippen LogP contribution in [0.3, 0.4) is 0 Å². The molecule has 0 atom stereocenters. The van der Waals surface area contributed by atoms with Crippen molar-refractivity contribution >= 4 is 17.2 Å². The molecule has 2 N–H and O–H groups in total. The Kier molecular flexibility index (Phi) is 6.35. The lowest BCUT2D eigenvalue weighted by molar-refractivity contribution is 0.103. The third kappa shape index (κ3) is 4.34. The van der Waals surface area contributed by atoms with Gasteiger partial charge in [0.2, 0.25) is 0 Å². The van der Waals surface area contributed by atoms with Crippen molar-refractivity contribution in [2.24, 2.45) is 0 Å². The number of anilines is 2. The van der Waals surface area contributed by atoms with E-state index in [4.69, 9.17) is 10.2 Å². The molecule has 0 unspecified atom stereocenters. The van der Waals surface area contributed by atoms with E-state index in [0.29, 0.717) is 24.2 Å². The van der Waals surface area contributed by atoms with Gasteiger partial charge in [-0.2, -0.15) is 0 Å². The number of aliphatic hydroxyl groups excluding tert-OH is 2. The Labute approximate surface area is 142 Å². The first-order chi connectivity index (χ1) is 11.6. The number of nitrogens with zero attached hydrogens (tertiary/aromatic N) is 2. The van der Waals surface area contributed by atoms with Crippen LogP contribution in [0.1, 0.15) is 15.9 Å². The van der Waals surface area contributed by atoms with Gasteiger partial charge < -0.3 is 20.0 Å². The van der Waals surface area contributed by atoms with Gasteiger partial charge in [0.1, 0.15) is 0 Å². The van der Waals surface area contributed by atoms with E-state index in [1.165, 1.54) is 0 Å². The molecule has 2 rings (SSSR count). The highest BCUT2D eigenvalue weighted by Gasteiger charge is 2.10. The number of benzene rings is 2. The highest BCUT2D eigenvalue weighted by molar-refractivity contribution is 6.09. The molecule has 0 heterocycles. The van der Waals surface area contributed by atoms with Crippen LogP contribution in [0.25, 0.3) is 0 Å². The summed E-state index contributed by atoms with van der Waals surface area (Å²) >= 11 is 0. The maximum atomic E-state index is 12.6. The molecule has 0 saturated carbocycles. The normalized spacial score (nSPS) is 10.5. The number of carbonyl (C=O) groups excluding carboxylic acids is 1. The minimum Gasteiger partial charge on any atom is -0.395 e. The molecule has 2 aromatic carbocycles. The predicted octanol–water partition coefficient (Wildman–Crippen LogP) is 1.77. The summed E-state index contributed by atoms with van der Waals surface area (Å²) in [4.78, 5) is 16.4. The lowest BCUT2D eigenvalue weighted by atomic mass is 10.0. The van der Waals surface area contributed by atoms with E-state index >= 15 is 0 Å². The third-order valence-corrected chi connectivity index (χ3v) is 4.01. The van der Waals surface area contributed by atoms with E-state index < -0.39 is 0 Å². The molecule has 24 heavy (non-hydrogen) atoms. The van der Waals surface area contributed by atoms with Crippen molar-refractivity contribution in [1.29, 1.82) is 0 Å². The lowest BCUT2D eigenvalue weighted by Crippen LogP contribution is -2.21. The lowest BCUT2D eigenvalue weighted by Gasteiger charge is -2.18. The summed E-state index contributed by atoms with van der Waals surface area (Å²) in [7, 11) is 3.79. The number of hydrogen-bond donors (Lipinski definition) is 2. The van der Waals surface area contributed by atoms with Gasteiger partial charge in [-0.3, -0.25) is 4.79 Å². The van der Waals surface area contributed by atoms with Gasteiger partial charge in [0.25, 0.3) is 0 Å². The summed E-state index contributed by atoms with van der Waals surface area (Å²) in [6, 6.07) is 14.7. The van der Waals surface area contributed by atoms with Gasteiger partial charge >= 0.3 is 0 Å². The Morgan fingerprint density at radius 3 is 1.38 bits per heavy atom. The maximum absolute atomic E-state index is 12.6. The molecule has 0 amide bonds. The Morgan fingerprint density at radius 2 is 1.08 bits per heavy atom. The van der Waals surface area contributed by atoms with Crippen LogP contribution in [-0.4, -0.2) is 56.4 Å². The van der Waals surface area contributed by atoms with Gasteiger partial charge in [-0.25, -0.2) is 0 Å². The van der Waals surface area contributed by atoms with Gasteiger partial charge in [0.05, 0.1) is 13.2 Å². The average Bonchev–Trinajstić information content (AvgIpc) is 2.62. The third-order valence-electron chi connectivity index (χ3n) is 4.01. The van der Waals surface area contributed by atoms with Gasteiger partial charge in [0.15, 0.2) is 5.78 Å². The number of aliphatic hydroxyl groups is 2. The number of ketones is 1. The quantitative estimate of drug-likeness (QED) is 0.723. The highest BCUT2D eigenvalue weighted by atomic mass is 16.3. The summed E-state index contributed by atoms with van der Waals surface area (Å²) in [5.41, 5.74) is 3.18. The monoisotopic (exact) mass is 328 g/mol. The van der Waals surface area contributed by atoms with E-state index in [1.54, 1.807) is 24.3 Å². The molecule has 0 bridgehead atoms. The van der Waals surface area contributed by atoms with Crippen LogP contribution in [0.15, 0.2) is 48.5 Å². The summed E-state index contributed by atoms with van der Waals surface area (Å²) in [6.45, 7) is 1.29. The minimum atomic E-state index is -0.0253. The van der Waals surface area contributed by atoms with E-state index in [2.05, 4.69) is 0 Å². The number of carbonyl (C=O) groups is 1. The predicted molar refractivity (Wildman–Crippen MR) is 97.0 cm³/mol. The fourth-order valence-electron chi connectivity index (χ4n) is 2.46. The standard InChI is InChI=1S/C19H24N2O3/c1-20(11-13-22)17-7-3-15(4-8-17)19(24)16-5-9-18(10-6-16)21(2)12-14-23/h3-10,22-23H,11-14H2,1-2H3. The molecule has 0 fully saturated rings. The second-order valence-corrected chi connectivity index (χ2v) is 5.71. The van der Waals surface area contributed by atoms with Crippen LogP contribution in [0, 0.1) is 0 Å². The van der Waals surface area contributed by atoms with Crippen molar-refractivity contribution in [1.82, 2.24) is 0 Å². The molecule has 2 aromatic rings. The zero-order valence-corrected chi connectivity index (χ0v) is 14.1. The van der Waals surface area contributed by atoms with Crippen molar-refractivity contribution in [3.63, 3.8) is 0 Å². The zero-order chi connectivity index (χ0) is 17.5. The first kappa shape index (κ1) is 18.0. The molecular formula is C19H24N2O3. The Balaban J connectivity index is 2.11. The van der Waals surface area contributed by atoms with E-state index in [-0.39, 0.29) is 19.0 Å². The van der Waals surface area contributed by atoms with Crippen LogP contribution in [0.2, 0.25) is 0 Å². The molecule has 5 heteroatoms. The molecule has 0 aliphatic heterocycles. The van der Waals surface area contributed by atoms with Gasteiger partial charge in [-0.1, -0.05) is 0 Å². The fourth-order valence-corrected chi connectivity index (χ4v) is 2.46. The van der Waals surface area contributed by atoms with Crippen LogP contribution < -0.4 is 9.80 Å². The summed E-state index contributed by atoms with van der Waals surface area (Å²) in [5.74, 6) is -0.0253. The topological polar surface area (TPSA) is 64.0 Å². The number of hydrogen-bond acceptors (Lipinski definition) is 5. The summed E-state index contributed by atoms with van der Waals surface area (Å²) < 4.78 is 0. The summed E-state index contributed by atoms with van der Waals surface area (Å²) in [6.07, 6.45) is 0. The van der Waals surface area contributed by atoms with E-state index in [9.17, 15) is 4.79 Å². The molecule has 128 valence electrons. The van der Waals surface area contributed by atoms with Crippen LogP contribution in [-0.2, 0) is 0 Å². The number of rotatable bonds is 8. The molecule has 0 aliphatic rings. The van der Waals surface area contributed by atoms with Crippen LogP contribution in [0.5, 0.6) is 0 Å². The van der Waals surface area contributed by atoms with E-state index in [1.807, 2.05) is 48.2 Å². The van der Waals surface area contributed by atoms with Crippen molar-refractivity contribution in [2.45, 2.75) is 0 Å². The second kappa shape index (κ2) is 8.47. The molecular weight excluding hydrogens is 304 g/mol. The van der Waals surface area contributed by atoms with Gasteiger partial charge in [-0.05, 0) is 48.5 Å². The molecule has 0 aromatic heterocycles. The highest BCUT2D eigenvalue weighted by Crippen LogP contribution is 2.19. The molecule has 0 spiro atoms. The minimum absolute atomic E-state index is 0.0253. The van der Waals surface area contributed by atoms with Gasteiger partial charge in [0, 0.05) is 49.7 Å². The van der Waals surface area contributed by atoms with Crippen molar-refractivity contribution < 1.29 is 15.0 Å². The molecule has 0 aliphatic carbocycles. The average molecular weight is 328 g/mol. The molecule has 0 saturated heterocycles. The van der Waals surface area contributed by atoms with Gasteiger partial charge in [-0.15, -0.1) is 0 Å². The largest absolute Gasteiger partial charge is 0.395 e. The number of likely N-dealkylation sites (N-methyl/N-ethyl adjacent to an activating group) is 2. The molecule has 5 nitrogen and oxygen atoms in total. The zero-order valence-electron chi connectivity index (χ0n) is 14.1. The SMILES string of the molecule is CN(CCO)c1ccc(C(=O)c2ccc(N(C)CCO)cc2)cc1. The van der Waals surface area contributed by atoms with Crippen molar-refractivity contribution in [2.75, 3.05) is 50.2 Å². The van der Waals surface area contributed by atoms with Crippen LogP contribution >= 0.6 is 0 Å². The molecule has 0 radical (unpaired) electrons. The van der Waals surface area contributed by atoms with Crippen molar-refractivity contribution in [3.8, 4) is 0 Å². The summed E-state index contributed by atoms with van der Waals surface area (Å²) in [5, 5.41) is 17.9. The Bertz CT molecular complexity index is 596. The fraction of sp³-hybridized carbons (Fsp3) is 0.316. The first-order valence-electron chi connectivity index (χ1n) is 7.95. The van der Waals surface area contributed by atoms with Crippen LogP contribution in [0.4, 0.5) is 11.4 Å². The second-order valence-electron chi connectivity index (χ2n) is 5.71. The maximum Gasteiger partial charge on any atom is 0.193 e. The Morgan fingerprint density at radius 1 is 0.750 bits per heavy atom. The van der Waals surface area contributed by atoms with Crippen molar-refractivity contribution in [3.05, 3.63) is 59.7 Å². The Hall–Kier alpha value is -2.37. The first-order valence-corrected chi connectivity index (χ1v) is 7.95.